The fourth-order valence-electron chi connectivity index (χ4n) is 11.1. The predicted molar refractivity (Wildman–Crippen MR) is 356 cm³/mol. The van der Waals surface area contributed by atoms with Gasteiger partial charge in [-0.15, -0.1) is 0 Å². The number of nitrogens with zero attached hydrogens (tertiary/aromatic N) is 4. The Labute approximate surface area is 544 Å². The van der Waals surface area contributed by atoms with E-state index in [2.05, 4.69) is 24.5 Å². The molecule has 518 valence electrons. The topological polar surface area (TPSA) is 284 Å². The molecule has 0 spiro atoms. The monoisotopic (exact) mass is 1310 g/mol. The normalized spacial score (nSPS) is 15.9. The number of aliphatic carboxylic acids is 4. The number of carbonyl (C=O) groups excluding carboxylic acids is 2. The van der Waals surface area contributed by atoms with Crippen LogP contribution in [0.25, 0.3) is 0 Å². The maximum atomic E-state index is 13.7. The minimum atomic E-state index is -4.20. The van der Waals surface area contributed by atoms with Gasteiger partial charge >= 0.3 is 43.6 Å². The van der Waals surface area contributed by atoms with E-state index in [9.17, 15) is 53.8 Å². The average Bonchev–Trinajstić information content (AvgIpc) is 2.49. The zero-order valence-corrected chi connectivity index (χ0v) is 56.9. The van der Waals surface area contributed by atoms with Gasteiger partial charge in [-0.05, 0) is 49.2 Å². The van der Waals surface area contributed by atoms with E-state index in [-0.39, 0.29) is 116 Å². The molecule has 0 aliphatic carbocycles. The highest BCUT2D eigenvalue weighted by Gasteiger charge is 2.30. The number of nitrogens with one attached hydrogen (secondary N) is 2. The number of thiocarbonyl (C=S) groups is 1. The standard InChI is InChI=1S/C66H117N6O16PS/c1-4-6-8-10-12-14-16-18-20-22-24-26-28-30-32-34-64(81)85-54-59(88-65(82)35-33-31-29-27-25-23-21-19-17-15-13-11-9-7-5-2)55-87-89(83,84-3)86-47-40-67-66(90)68-57-38-36-56(37-39-57)48-58-49-71(52-62(77)78)44-43-69(50-60(73)74)41-42-70(51-61(75)76)45-46-72(58)53-63(79)80/h36-39,58-59H,4-35,40-55H2,1-3H3,(H,73,74)(H,75,76)(H,77,78)(H,79,80)(H2,67,68,90)/t58?,59-,89?/m1/s1. The number of carbonyl (C=O) groups is 6. The van der Waals surface area contributed by atoms with Crippen molar-refractivity contribution >= 4 is 66.7 Å². The zero-order valence-electron chi connectivity index (χ0n) is 55.2. The van der Waals surface area contributed by atoms with Crippen molar-refractivity contribution in [1.29, 1.82) is 0 Å². The summed E-state index contributed by atoms with van der Waals surface area (Å²) in [5, 5.41) is 45.3. The molecule has 90 heavy (non-hydrogen) atoms. The Morgan fingerprint density at radius 2 is 0.933 bits per heavy atom. The van der Waals surface area contributed by atoms with E-state index in [1.165, 1.54) is 148 Å². The molecular weight excluding hydrogens is 1200 g/mol. The van der Waals surface area contributed by atoms with E-state index < -0.39 is 62.4 Å². The Kier molecular flexibility index (Phi) is 48.2. The number of carboxylic acid groups (broad SMARTS) is 4. The maximum absolute atomic E-state index is 13.7. The van der Waals surface area contributed by atoms with Crippen molar-refractivity contribution in [2.24, 2.45) is 0 Å². The van der Waals surface area contributed by atoms with E-state index in [1.54, 1.807) is 31.7 Å². The molecule has 2 rings (SSSR count). The van der Waals surface area contributed by atoms with Gasteiger partial charge in [0.15, 0.2) is 11.2 Å². The van der Waals surface area contributed by atoms with Crippen LogP contribution < -0.4 is 10.6 Å². The summed E-state index contributed by atoms with van der Waals surface area (Å²) < 4.78 is 41.4. The van der Waals surface area contributed by atoms with Crippen LogP contribution in [0.1, 0.15) is 225 Å². The Bertz CT molecular complexity index is 2150. The lowest BCUT2D eigenvalue weighted by molar-refractivity contribution is -0.161. The molecule has 1 aromatic carbocycles. The minimum Gasteiger partial charge on any atom is -0.480 e. The second-order valence-electron chi connectivity index (χ2n) is 24.2. The number of rotatable bonds is 54. The van der Waals surface area contributed by atoms with Gasteiger partial charge in [-0.2, -0.15) is 0 Å². The number of esters is 2. The first-order valence-electron chi connectivity index (χ1n) is 34.2. The highest BCUT2D eigenvalue weighted by Crippen LogP contribution is 2.48. The molecule has 3 atom stereocenters. The van der Waals surface area contributed by atoms with Crippen molar-refractivity contribution in [1.82, 2.24) is 24.9 Å². The first kappa shape index (κ1) is 81.8. The SMILES string of the molecule is CCCCCCCCCCCCCCCCCC(=O)OC[C@H](COP(=O)(OC)OCCNC(=S)Nc1ccc(CC2CN(CC(=O)O)CCN(CC(=O)O)CCN(CC(=O)O)CCN2CC(=O)O)cc1)OC(=O)CCCCCCCCCCCCCCCCC. The maximum Gasteiger partial charge on any atom is 0.474 e. The van der Waals surface area contributed by atoms with Crippen LogP contribution in [0, 0.1) is 0 Å². The molecule has 0 aromatic heterocycles. The Morgan fingerprint density at radius 1 is 0.533 bits per heavy atom. The fraction of sp³-hybridized carbons (Fsp3) is 0.803. The number of unbranched alkanes of at least 4 members (excludes halogenated alkanes) is 28. The fourth-order valence-corrected chi connectivity index (χ4v) is 12.2. The third-order valence-electron chi connectivity index (χ3n) is 16.2. The molecule has 0 amide bonds. The zero-order chi connectivity index (χ0) is 65.9. The van der Waals surface area contributed by atoms with Crippen LogP contribution >= 0.6 is 20.0 Å². The van der Waals surface area contributed by atoms with E-state index in [4.69, 9.17) is 35.3 Å². The summed E-state index contributed by atoms with van der Waals surface area (Å²) in [6, 6.07) is 6.61. The summed E-state index contributed by atoms with van der Waals surface area (Å²) in [6.07, 6.45) is 35.9. The van der Waals surface area contributed by atoms with Crippen LogP contribution in [-0.2, 0) is 62.8 Å². The quantitative estimate of drug-likeness (QED) is 0.0153. The van der Waals surface area contributed by atoms with Crippen LogP contribution in [0.2, 0.25) is 0 Å². The smallest absolute Gasteiger partial charge is 0.474 e. The molecule has 0 radical (unpaired) electrons. The lowest BCUT2D eigenvalue weighted by Crippen LogP contribution is -2.53. The van der Waals surface area contributed by atoms with Crippen molar-refractivity contribution in [3.05, 3.63) is 29.8 Å². The van der Waals surface area contributed by atoms with E-state index in [1.807, 2.05) is 12.1 Å². The molecule has 1 aliphatic heterocycles. The summed E-state index contributed by atoms with van der Waals surface area (Å²) in [4.78, 5) is 80.4. The van der Waals surface area contributed by atoms with Gasteiger partial charge in [-0.25, -0.2) is 4.57 Å². The molecule has 1 saturated heterocycles. The third kappa shape index (κ3) is 45.1. The number of hydrogen-bond donors (Lipinski definition) is 6. The molecule has 0 bridgehead atoms. The molecule has 1 fully saturated rings. The number of phosphoric acid groups is 1. The summed E-state index contributed by atoms with van der Waals surface area (Å²) in [5.74, 6) is -5.26. The molecular formula is C66H117N6O16PS. The molecule has 1 aliphatic rings. The lowest BCUT2D eigenvalue weighted by Gasteiger charge is -2.37. The van der Waals surface area contributed by atoms with Crippen LogP contribution in [0.15, 0.2) is 24.3 Å². The molecule has 2 unspecified atom stereocenters. The number of benzene rings is 1. The van der Waals surface area contributed by atoms with E-state index in [0.29, 0.717) is 18.5 Å². The van der Waals surface area contributed by atoms with Crippen molar-refractivity contribution in [3.63, 3.8) is 0 Å². The number of carboxylic acids is 4. The number of hydrogen-bond acceptors (Lipinski definition) is 17. The van der Waals surface area contributed by atoms with Gasteiger partial charge in [0.05, 0.1) is 39.4 Å². The first-order chi connectivity index (χ1) is 43.4. The molecule has 1 aromatic rings. The van der Waals surface area contributed by atoms with Gasteiger partial charge in [-0.1, -0.05) is 206 Å². The molecule has 22 nitrogen and oxygen atoms in total. The summed E-state index contributed by atoms with van der Waals surface area (Å²) >= 11 is 5.53. The van der Waals surface area contributed by atoms with Gasteiger partial charge in [-0.3, -0.25) is 61.9 Å². The van der Waals surface area contributed by atoms with Gasteiger partial charge in [0, 0.05) is 84.0 Å². The van der Waals surface area contributed by atoms with Crippen LogP contribution in [0.5, 0.6) is 0 Å². The van der Waals surface area contributed by atoms with Crippen molar-refractivity contribution in [2.45, 2.75) is 238 Å². The van der Waals surface area contributed by atoms with Gasteiger partial charge < -0.3 is 40.5 Å². The highest BCUT2D eigenvalue weighted by atomic mass is 32.1. The molecule has 6 N–H and O–H groups in total. The van der Waals surface area contributed by atoms with Gasteiger partial charge in [0.2, 0.25) is 0 Å². The Balaban J connectivity index is 1.96. The second kappa shape index (κ2) is 53.1. The number of anilines is 1. The van der Waals surface area contributed by atoms with E-state index >= 15 is 0 Å². The summed E-state index contributed by atoms with van der Waals surface area (Å²) in [6.45, 7) is 3.48. The van der Waals surface area contributed by atoms with Crippen LogP contribution in [0.4, 0.5) is 5.69 Å². The predicted octanol–water partition coefficient (Wildman–Crippen LogP) is 12.2. The first-order valence-corrected chi connectivity index (χ1v) is 36.0. The molecule has 0 saturated carbocycles. The van der Waals surface area contributed by atoms with E-state index in [0.717, 1.165) is 44.1 Å². The van der Waals surface area contributed by atoms with Crippen molar-refractivity contribution in [2.75, 3.05) is 111 Å². The van der Waals surface area contributed by atoms with Crippen LogP contribution in [-0.4, -0.2) is 199 Å². The summed E-state index contributed by atoms with van der Waals surface area (Å²) in [5.41, 5.74) is 1.38. The third-order valence-corrected chi connectivity index (χ3v) is 17.9. The largest absolute Gasteiger partial charge is 0.480 e. The van der Waals surface area contributed by atoms with Gasteiger partial charge in [0.25, 0.3) is 0 Å². The Morgan fingerprint density at radius 3 is 1.37 bits per heavy atom. The number of ether oxygens (including phenoxy) is 2. The Hall–Kier alpha value is -4.32. The highest BCUT2D eigenvalue weighted by molar-refractivity contribution is 7.80. The van der Waals surface area contributed by atoms with Gasteiger partial charge in [0.1, 0.15) is 6.61 Å². The molecule has 1 heterocycles. The second-order valence-corrected chi connectivity index (χ2v) is 26.4. The number of phosphoric ester groups is 1. The minimum absolute atomic E-state index is 0.0705. The molecule has 24 heteroatoms. The van der Waals surface area contributed by atoms with Crippen molar-refractivity contribution < 1.29 is 76.8 Å². The van der Waals surface area contributed by atoms with Crippen molar-refractivity contribution in [3.8, 4) is 0 Å². The summed E-state index contributed by atoms with van der Waals surface area (Å²) in [7, 11) is -3.03. The average molecular weight is 1310 g/mol. The lowest BCUT2D eigenvalue weighted by atomic mass is 10.0. The van der Waals surface area contributed by atoms with Crippen LogP contribution in [0.3, 0.4) is 0 Å².